The van der Waals surface area contributed by atoms with Crippen LogP contribution in [0.3, 0.4) is 0 Å². The fraction of sp³-hybridized carbons (Fsp3) is 0.591. The van der Waals surface area contributed by atoms with E-state index in [1.165, 1.54) is 5.57 Å². The maximum absolute atomic E-state index is 12.0. The number of ether oxygens (including phenoxy) is 1. The first kappa shape index (κ1) is 18.0. The van der Waals surface area contributed by atoms with E-state index in [4.69, 9.17) is 4.74 Å². The van der Waals surface area contributed by atoms with Gasteiger partial charge in [0.05, 0.1) is 0 Å². The molecule has 2 aliphatic rings. The molecule has 25 heavy (non-hydrogen) atoms. The molecule has 1 saturated carbocycles. The van der Waals surface area contributed by atoms with Crippen molar-refractivity contribution in [3.63, 3.8) is 0 Å². The molecule has 136 valence electrons. The molecule has 1 aromatic carbocycles. The lowest BCUT2D eigenvalue weighted by molar-refractivity contribution is 0.0669. The average molecular weight is 342 g/mol. The molecule has 1 N–H and O–H groups in total. The number of aromatic carboxylic acids is 1. The van der Waals surface area contributed by atoms with Crippen LogP contribution in [-0.2, 0) is 6.42 Å². The molecule has 4 atom stereocenters. The minimum Gasteiger partial charge on any atom is -0.488 e. The minimum atomic E-state index is -0.860. The third-order valence-corrected chi connectivity index (χ3v) is 6.07. The van der Waals surface area contributed by atoms with Crippen LogP contribution in [0.1, 0.15) is 80.3 Å². The Balaban J connectivity index is 2.02. The molecule has 0 bridgehead atoms. The number of hydrogen-bond acceptors (Lipinski definition) is 2. The molecule has 4 unspecified atom stereocenters. The number of carboxylic acids is 1. The van der Waals surface area contributed by atoms with E-state index in [1.807, 2.05) is 6.07 Å². The van der Waals surface area contributed by atoms with E-state index >= 15 is 0 Å². The van der Waals surface area contributed by atoms with E-state index in [0.29, 0.717) is 23.1 Å². The molecular weight excluding hydrogens is 312 g/mol. The summed E-state index contributed by atoms with van der Waals surface area (Å²) in [5.74, 6) is 0.852. The van der Waals surface area contributed by atoms with Gasteiger partial charge in [-0.2, -0.15) is 0 Å². The first-order valence-electron chi connectivity index (χ1n) is 9.66. The number of rotatable bonds is 6. The van der Waals surface area contributed by atoms with Crippen LogP contribution in [0.5, 0.6) is 5.75 Å². The lowest BCUT2D eigenvalue weighted by atomic mass is 9.68. The van der Waals surface area contributed by atoms with Gasteiger partial charge in [-0.15, -0.1) is 0 Å². The van der Waals surface area contributed by atoms with Gasteiger partial charge in [0.15, 0.2) is 0 Å². The lowest BCUT2D eigenvalue weighted by Gasteiger charge is -2.37. The van der Waals surface area contributed by atoms with Crippen LogP contribution >= 0.6 is 0 Å². The van der Waals surface area contributed by atoms with Crippen LogP contribution in [0.2, 0.25) is 0 Å². The molecule has 0 spiro atoms. The summed E-state index contributed by atoms with van der Waals surface area (Å²) in [5, 5.41) is 9.86. The third-order valence-electron chi connectivity index (χ3n) is 6.07. The molecule has 3 nitrogen and oxygen atoms in total. The summed E-state index contributed by atoms with van der Waals surface area (Å²) in [6.45, 7) is 10.7. The van der Waals surface area contributed by atoms with Crippen molar-refractivity contribution >= 4 is 5.97 Å². The zero-order valence-corrected chi connectivity index (χ0v) is 15.7. The molecule has 1 aliphatic heterocycles. The summed E-state index contributed by atoms with van der Waals surface area (Å²) in [5.41, 5.74) is 3.58. The normalized spacial score (nSPS) is 27.3. The fourth-order valence-electron chi connectivity index (χ4n) is 4.68. The Kier molecular flexibility index (Phi) is 5.21. The predicted molar refractivity (Wildman–Crippen MR) is 100 cm³/mol. The monoisotopic (exact) mass is 342 g/mol. The number of carboxylic acid groups (broad SMARTS) is 1. The van der Waals surface area contributed by atoms with Gasteiger partial charge in [0.1, 0.15) is 17.4 Å². The highest BCUT2D eigenvalue weighted by atomic mass is 16.5. The molecule has 3 heteroatoms. The van der Waals surface area contributed by atoms with Gasteiger partial charge in [-0.05, 0) is 50.0 Å². The Morgan fingerprint density at radius 1 is 1.32 bits per heavy atom. The quantitative estimate of drug-likeness (QED) is 0.542. The maximum Gasteiger partial charge on any atom is 0.339 e. The number of aryl methyl sites for hydroxylation is 1. The molecule has 1 heterocycles. The summed E-state index contributed by atoms with van der Waals surface area (Å²) >= 11 is 0. The van der Waals surface area contributed by atoms with Crippen molar-refractivity contribution < 1.29 is 14.6 Å². The highest BCUT2D eigenvalue weighted by molar-refractivity contribution is 5.93. The molecular formula is C22H30O3. The van der Waals surface area contributed by atoms with Gasteiger partial charge in [-0.3, -0.25) is 0 Å². The van der Waals surface area contributed by atoms with Crippen LogP contribution in [0.15, 0.2) is 24.3 Å². The largest absolute Gasteiger partial charge is 0.488 e. The number of allylic oxidation sites excluding steroid dienone is 1. The van der Waals surface area contributed by atoms with Gasteiger partial charge in [0.2, 0.25) is 0 Å². The summed E-state index contributed by atoms with van der Waals surface area (Å²) in [6.07, 6.45) is 6.38. The zero-order valence-electron chi connectivity index (χ0n) is 15.7. The van der Waals surface area contributed by atoms with Gasteiger partial charge in [-0.1, -0.05) is 51.0 Å². The first-order chi connectivity index (χ1) is 12.0. The van der Waals surface area contributed by atoms with Gasteiger partial charge in [-0.25, -0.2) is 4.79 Å². The van der Waals surface area contributed by atoms with Gasteiger partial charge in [0.25, 0.3) is 0 Å². The van der Waals surface area contributed by atoms with Crippen LogP contribution in [0.4, 0.5) is 0 Å². The summed E-state index contributed by atoms with van der Waals surface area (Å²) in [4.78, 5) is 12.0. The first-order valence-corrected chi connectivity index (χ1v) is 9.66. The summed E-state index contributed by atoms with van der Waals surface area (Å²) in [7, 11) is 0. The summed E-state index contributed by atoms with van der Waals surface area (Å²) in [6, 6.07) is 4.15. The van der Waals surface area contributed by atoms with Crippen molar-refractivity contribution in [3.05, 3.63) is 41.0 Å². The van der Waals surface area contributed by atoms with Crippen LogP contribution < -0.4 is 4.74 Å². The second kappa shape index (κ2) is 7.23. The van der Waals surface area contributed by atoms with E-state index in [-0.39, 0.29) is 12.0 Å². The van der Waals surface area contributed by atoms with E-state index in [1.54, 1.807) is 0 Å². The van der Waals surface area contributed by atoms with E-state index in [0.717, 1.165) is 49.7 Å². The van der Waals surface area contributed by atoms with E-state index in [9.17, 15) is 9.90 Å². The van der Waals surface area contributed by atoms with Crippen molar-refractivity contribution in [1.82, 2.24) is 0 Å². The van der Waals surface area contributed by atoms with Gasteiger partial charge < -0.3 is 9.84 Å². The number of benzene rings is 1. The molecule has 3 rings (SSSR count). The highest BCUT2D eigenvalue weighted by Gasteiger charge is 2.47. The fourth-order valence-corrected chi connectivity index (χ4v) is 4.68. The van der Waals surface area contributed by atoms with Crippen molar-refractivity contribution in [2.75, 3.05) is 0 Å². The predicted octanol–water partition coefficient (Wildman–Crippen LogP) is 5.58. The lowest BCUT2D eigenvalue weighted by Crippen LogP contribution is -2.36. The van der Waals surface area contributed by atoms with Crippen molar-refractivity contribution in [2.45, 2.75) is 71.3 Å². The van der Waals surface area contributed by atoms with Crippen molar-refractivity contribution in [1.29, 1.82) is 0 Å². The Labute approximate surface area is 151 Å². The Morgan fingerprint density at radius 2 is 2.08 bits per heavy atom. The van der Waals surface area contributed by atoms with Gasteiger partial charge in [0, 0.05) is 11.5 Å². The van der Waals surface area contributed by atoms with Crippen molar-refractivity contribution in [2.24, 2.45) is 11.8 Å². The van der Waals surface area contributed by atoms with Crippen LogP contribution in [0.25, 0.3) is 0 Å². The molecule has 0 radical (unpaired) electrons. The minimum absolute atomic E-state index is 0.0782. The Hall–Kier alpha value is -1.77. The van der Waals surface area contributed by atoms with Crippen LogP contribution in [-0.4, -0.2) is 17.2 Å². The van der Waals surface area contributed by atoms with E-state index < -0.39 is 5.97 Å². The number of fused-ring (bicyclic) bond motifs is 3. The molecule has 0 amide bonds. The molecule has 1 aliphatic carbocycles. The van der Waals surface area contributed by atoms with Gasteiger partial charge >= 0.3 is 5.97 Å². The standard InChI is InChI=1S/C22H30O3/c1-5-6-7-8-15-10-12-17-19-16(13(2)3)11-9-14(4)20(19)25-21(17)18(15)22(23)24/h10,12,14,16,19-20H,2,5-9,11H2,1,3-4H3,(H,23,24). The topological polar surface area (TPSA) is 46.5 Å². The maximum atomic E-state index is 12.0. The summed E-state index contributed by atoms with van der Waals surface area (Å²) < 4.78 is 6.32. The molecule has 0 saturated heterocycles. The average Bonchev–Trinajstić information content (AvgIpc) is 2.94. The third kappa shape index (κ3) is 3.21. The van der Waals surface area contributed by atoms with Crippen LogP contribution in [0, 0.1) is 11.8 Å². The smallest absolute Gasteiger partial charge is 0.339 e. The second-order valence-electron chi connectivity index (χ2n) is 7.90. The van der Waals surface area contributed by atoms with E-state index in [2.05, 4.69) is 33.4 Å². The Bertz CT molecular complexity index is 676. The van der Waals surface area contributed by atoms with Crippen molar-refractivity contribution in [3.8, 4) is 5.75 Å². The molecule has 1 aromatic rings. The SMILES string of the molecule is C=C(C)C1CCC(C)C2Oc3c(ccc(CCCCC)c3C(=O)O)C12. The number of carbonyl (C=O) groups is 1. The zero-order chi connectivity index (χ0) is 18.1. The molecule has 0 aromatic heterocycles. The Morgan fingerprint density at radius 3 is 2.72 bits per heavy atom. The number of hydrogen-bond donors (Lipinski definition) is 1. The highest BCUT2D eigenvalue weighted by Crippen LogP contribution is 2.53. The molecule has 1 fully saturated rings. The number of unbranched alkanes of at least 4 members (excludes halogenated alkanes) is 2. The second-order valence-corrected chi connectivity index (χ2v) is 7.90.